The molecule has 18 heavy (non-hydrogen) atoms. The van der Waals surface area contributed by atoms with Crippen LogP contribution in [0, 0.1) is 31.1 Å². The third kappa shape index (κ3) is 2.09. The van der Waals surface area contributed by atoms with Gasteiger partial charge in [0.05, 0.1) is 0 Å². The second-order valence-corrected chi connectivity index (χ2v) is 6.74. The predicted molar refractivity (Wildman–Crippen MR) is 76.8 cm³/mol. The Bertz CT molecular complexity index is 419. The first-order valence-electron chi connectivity index (χ1n) is 7.33. The number of rotatable bonds is 4. The van der Waals surface area contributed by atoms with Crippen LogP contribution in [0.25, 0.3) is 0 Å². The van der Waals surface area contributed by atoms with Gasteiger partial charge in [0.2, 0.25) is 0 Å². The first-order chi connectivity index (χ1) is 8.63. The Labute approximate surface area is 111 Å². The molecular formula is C17H25N. The molecule has 1 N–H and O–H groups in total. The molecule has 0 bridgehead atoms. The first-order valence-corrected chi connectivity index (χ1v) is 7.33. The van der Waals surface area contributed by atoms with Crippen LogP contribution in [-0.4, -0.2) is 13.6 Å². The van der Waals surface area contributed by atoms with Crippen molar-refractivity contribution < 1.29 is 0 Å². The first kappa shape index (κ1) is 12.2. The summed E-state index contributed by atoms with van der Waals surface area (Å²) in [6.07, 6.45) is 5.69. The Morgan fingerprint density at radius 2 is 1.78 bits per heavy atom. The summed E-state index contributed by atoms with van der Waals surface area (Å²) in [6, 6.07) is 6.72. The van der Waals surface area contributed by atoms with Gasteiger partial charge in [0.25, 0.3) is 0 Å². The molecule has 1 heteroatoms. The summed E-state index contributed by atoms with van der Waals surface area (Å²) in [7, 11) is 2.11. The molecular weight excluding hydrogens is 218 g/mol. The molecule has 2 saturated carbocycles. The van der Waals surface area contributed by atoms with Crippen LogP contribution in [0.2, 0.25) is 0 Å². The highest BCUT2D eigenvalue weighted by atomic mass is 14.8. The molecule has 0 heterocycles. The minimum Gasteiger partial charge on any atom is -0.319 e. The molecule has 0 radical (unpaired) electrons. The second-order valence-electron chi connectivity index (χ2n) is 6.74. The van der Waals surface area contributed by atoms with Gasteiger partial charge in [-0.2, -0.15) is 0 Å². The Kier molecular flexibility index (Phi) is 2.97. The summed E-state index contributed by atoms with van der Waals surface area (Å²) in [6.45, 7) is 5.73. The van der Waals surface area contributed by atoms with Crippen LogP contribution in [0.5, 0.6) is 0 Å². The number of hydrogen-bond donors (Lipinski definition) is 1. The van der Waals surface area contributed by atoms with Crippen molar-refractivity contribution in [3.63, 3.8) is 0 Å². The van der Waals surface area contributed by atoms with Crippen molar-refractivity contribution in [3.8, 4) is 0 Å². The molecule has 0 amide bonds. The van der Waals surface area contributed by atoms with Crippen molar-refractivity contribution in [1.29, 1.82) is 0 Å². The summed E-state index contributed by atoms with van der Waals surface area (Å²) in [5.41, 5.74) is 5.10. The number of fused-ring (bicyclic) bond motifs is 1. The number of benzene rings is 1. The largest absolute Gasteiger partial charge is 0.319 e. The average molecular weight is 243 g/mol. The van der Waals surface area contributed by atoms with Crippen molar-refractivity contribution in [1.82, 2.24) is 5.32 Å². The van der Waals surface area contributed by atoms with Crippen LogP contribution in [0.15, 0.2) is 18.2 Å². The Morgan fingerprint density at radius 1 is 1.17 bits per heavy atom. The highest BCUT2D eigenvalue weighted by Crippen LogP contribution is 2.60. The van der Waals surface area contributed by atoms with Gasteiger partial charge in [-0.05, 0) is 80.5 Å². The quantitative estimate of drug-likeness (QED) is 0.853. The van der Waals surface area contributed by atoms with Gasteiger partial charge in [-0.25, -0.2) is 0 Å². The maximum Gasteiger partial charge on any atom is 0.000821 e. The van der Waals surface area contributed by atoms with E-state index in [2.05, 4.69) is 44.4 Å². The summed E-state index contributed by atoms with van der Waals surface area (Å²) in [4.78, 5) is 0. The van der Waals surface area contributed by atoms with Crippen molar-refractivity contribution in [2.24, 2.45) is 17.3 Å². The van der Waals surface area contributed by atoms with Crippen LogP contribution < -0.4 is 5.32 Å². The summed E-state index contributed by atoms with van der Waals surface area (Å²) in [5, 5.41) is 3.45. The van der Waals surface area contributed by atoms with Crippen LogP contribution >= 0.6 is 0 Å². The van der Waals surface area contributed by atoms with Crippen LogP contribution in [0.1, 0.15) is 36.0 Å². The zero-order valence-corrected chi connectivity index (χ0v) is 11.9. The molecule has 2 aliphatic rings. The summed E-state index contributed by atoms with van der Waals surface area (Å²) in [5.74, 6) is 2.12. The molecule has 0 spiro atoms. The highest BCUT2D eigenvalue weighted by Gasteiger charge is 2.53. The van der Waals surface area contributed by atoms with Crippen molar-refractivity contribution in [3.05, 3.63) is 34.9 Å². The molecule has 98 valence electrons. The molecule has 0 aromatic heterocycles. The van der Waals surface area contributed by atoms with Gasteiger partial charge in [-0.1, -0.05) is 18.2 Å². The summed E-state index contributed by atoms with van der Waals surface area (Å²) < 4.78 is 0. The lowest BCUT2D eigenvalue weighted by atomic mass is 9.75. The molecule has 0 aliphatic heterocycles. The van der Waals surface area contributed by atoms with E-state index < -0.39 is 0 Å². The standard InChI is InChI=1S/C17H25N/c1-12-5-4-6-13(2)16(12)10-17(11-18-3)8-14-7-15(14)9-17/h4-6,14-15,18H,7-11H2,1-3H3. The lowest BCUT2D eigenvalue weighted by Crippen LogP contribution is -2.34. The molecule has 2 aliphatic carbocycles. The Balaban J connectivity index is 1.84. The van der Waals surface area contributed by atoms with Crippen LogP contribution in [-0.2, 0) is 6.42 Å². The Hall–Kier alpha value is -0.820. The van der Waals surface area contributed by atoms with Gasteiger partial charge in [-0.15, -0.1) is 0 Å². The average Bonchev–Trinajstić information content (AvgIpc) is 2.93. The van der Waals surface area contributed by atoms with E-state index in [0.717, 1.165) is 11.8 Å². The van der Waals surface area contributed by atoms with Crippen molar-refractivity contribution in [2.45, 2.75) is 39.5 Å². The van der Waals surface area contributed by atoms with E-state index in [1.807, 2.05) is 0 Å². The van der Waals surface area contributed by atoms with E-state index >= 15 is 0 Å². The van der Waals surface area contributed by atoms with E-state index in [0.29, 0.717) is 5.41 Å². The topological polar surface area (TPSA) is 12.0 Å². The molecule has 2 unspecified atom stereocenters. The maximum atomic E-state index is 3.45. The van der Waals surface area contributed by atoms with Gasteiger partial charge < -0.3 is 5.32 Å². The SMILES string of the molecule is CNCC1(Cc2c(C)cccc2C)CC2CC2C1. The lowest BCUT2D eigenvalue weighted by molar-refractivity contribution is 0.254. The van der Waals surface area contributed by atoms with Crippen LogP contribution in [0.4, 0.5) is 0 Å². The fraction of sp³-hybridized carbons (Fsp3) is 0.647. The molecule has 1 nitrogen and oxygen atoms in total. The summed E-state index contributed by atoms with van der Waals surface area (Å²) >= 11 is 0. The lowest BCUT2D eigenvalue weighted by Gasteiger charge is -2.32. The van der Waals surface area contributed by atoms with Crippen molar-refractivity contribution in [2.75, 3.05) is 13.6 Å². The minimum atomic E-state index is 0.541. The fourth-order valence-corrected chi connectivity index (χ4v) is 4.23. The van der Waals surface area contributed by atoms with E-state index in [1.54, 1.807) is 5.56 Å². The molecule has 2 atom stereocenters. The normalized spacial score (nSPS) is 33.5. The Morgan fingerprint density at radius 3 is 2.33 bits per heavy atom. The fourth-order valence-electron chi connectivity index (χ4n) is 4.23. The highest BCUT2D eigenvalue weighted by molar-refractivity contribution is 5.35. The van der Waals surface area contributed by atoms with E-state index in [4.69, 9.17) is 0 Å². The van der Waals surface area contributed by atoms with Gasteiger partial charge in [0.15, 0.2) is 0 Å². The molecule has 3 rings (SSSR count). The van der Waals surface area contributed by atoms with E-state index in [-0.39, 0.29) is 0 Å². The molecule has 2 fully saturated rings. The monoisotopic (exact) mass is 243 g/mol. The van der Waals surface area contributed by atoms with Gasteiger partial charge in [0, 0.05) is 6.54 Å². The smallest absolute Gasteiger partial charge is 0.000821 e. The molecule has 1 aromatic carbocycles. The third-order valence-corrected chi connectivity index (χ3v) is 5.21. The maximum absolute atomic E-state index is 3.45. The second kappa shape index (κ2) is 4.38. The number of aryl methyl sites for hydroxylation is 2. The minimum absolute atomic E-state index is 0.541. The van der Waals surface area contributed by atoms with Crippen LogP contribution in [0.3, 0.4) is 0 Å². The number of hydrogen-bond acceptors (Lipinski definition) is 1. The number of nitrogens with one attached hydrogen (secondary N) is 1. The van der Waals surface area contributed by atoms with Gasteiger partial charge in [0.1, 0.15) is 0 Å². The predicted octanol–water partition coefficient (Wildman–Crippen LogP) is 3.48. The zero-order valence-electron chi connectivity index (χ0n) is 11.9. The van der Waals surface area contributed by atoms with Gasteiger partial charge in [-0.3, -0.25) is 0 Å². The third-order valence-electron chi connectivity index (χ3n) is 5.21. The van der Waals surface area contributed by atoms with E-state index in [1.165, 1.54) is 43.4 Å². The molecule has 0 saturated heterocycles. The van der Waals surface area contributed by atoms with E-state index in [9.17, 15) is 0 Å². The van der Waals surface area contributed by atoms with Gasteiger partial charge >= 0.3 is 0 Å². The molecule has 1 aromatic rings. The zero-order chi connectivity index (χ0) is 12.8. The van der Waals surface area contributed by atoms with Crippen molar-refractivity contribution >= 4 is 0 Å².